The maximum absolute atomic E-state index is 14.0. The molecule has 0 atom stereocenters. The van der Waals surface area contributed by atoms with Crippen LogP contribution in [0.3, 0.4) is 0 Å². The molecule has 3 nitrogen and oxygen atoms in total. The minimum absolute atomic E-state index is 0.346. The average molecular weight is 295 g/mol. The van der Waals surface area contributed by atoms with E-state index in [2.05, 4.69) is 9.97 Å². The van der Waals surface area contributed by atoms with Gasteiger partial charge in [-0.05, 0) is 23.8 Å². The summed E-state index contributed by atoms with van der Waals surface area (Å²) in [5.41, 5.74) is 3.13. The minimum Gasteiger partial charge on any atom is -0.341 e. The Morgan fingerprint density at radius 3 is 2.50 bits per heavy atom. The maximum atomic E-state index is 14.0. The van der Waals surface area contributed by atoms with Crippen molar-refractivity contribution < 1.29 is 8.78 Å². The summed E-state index contributed by atoms with van der Waals surface area (Å²) in [6, 6.07) is 8.79. The Hall–Kier alpha value is -2.82. The molecule has 0 fully saturated rings. The maximum Gasteiger partial charge on any atom is 0.212 e. The number of fused-ring (bicyclic) bond motifs is 3. The number of hydrogen-bond donors (Lipinski definition) is 0. The Morgan fingerprint density at radius 1 is 0.909 bits per heavy atom. The van der Waals surface area contributed by atoms with E-state index in [1.165, 1.54) is 18.5 Å². The molecule has 0 bridgehead atoms. The second kappa shape index (κ2) is 4.59. The van der Waals surface area contributed by atoms with E-state index in [0.29, 0.717) is 5.52 Å². The third kappa shape index (κ3) is 1.79. The van der Waals surface area contributed by atoms with Crippen molar-refractivity contribution in [2.24, 2.45) is 7.05 Å². The van der Waals surface area contributed by atoms with Crippen molar-refractivity contribution in [2.45, 2.75) is 0 Å². The van der Waals surface area contributed by atoms with Crippen molar-refractivity contribution >= 4 is 21.8 Å². The molecule has 0 N–H and O–H groups in total. The van der Waals surface area contributed by atoms with Crippen molar-refractivity contribution in [2.75, 3.05) is 0 Å². The Labute approximate surface area is 124 Å². The zero-order chi connectivity index (χ0) is 15.3. The molecular weight excluding hydrogens is 284 g/mol. The van der Waals surface area contributed by atoms with Gasteiger partial charge in [-0.2, -0.15) is 4.39 Å². The van der Waals surface area contributed by atoms with Gasteiger partial charge < -0.3 is 4.57 Å². The molecule has 1 aromatic carbocycles. The third-order valence-corrected chi connectivity index (χ3v) is 3.92. The van der Waals surface area contributed by atoms with Crippen LogP contribution in [0.2, 0.25) is 0 Å². The fraction of sp³-hybridized carbons (Fsp3) is 0.0588. The number of aromatic nitrogens is 3. The summed E-state index contributed by atoms with van der Waals surface area (Å²) in [4.78, 5) is 7.60. The quantitative estimate of drug-likeness (QED) is 0.496. The smallest absolute Gasteiger partial charge is 0.212 e. The van der Waals surface area contributed by atoms with E-state index in [-0.39, 0.29) is 5.82 Å². The summed E-state index contributed by atoms with van der Waals surface area (Å²) in [5.74, 6) is -0.858. The standard InChI is InChI=1S/C17H11F2N3/c1-22-15-6-10(11-3-5-16(19)21-7-11)2-4-12(15)13-8-20-9-14(18)17(13)22/h2-9H,1H3. The Kier molecular flexibility index (Phi) is 2.69. The summed E-state index contributed by atoms with van der Waals surface area (Å²) < 4.78 is 28.8. The lowest BCUT2D eigenvalue weighted by atomic mass is 10.1. The zero-order valence-electron chi connectivity index (χ0n) is 11.7. The van der Waals surface area contributed by atoms with Crippen molar-refractivity contribution in [3.63, 3.8) is 0 Å². The van der Waals surface area contributed by atoms with Crippen LogP contribution in [-0.4, -0.2) is 14.5 Å². The molecule has 3 heterocycles. The predicted octanol–water partition coefficient (Wildman–Crippen LogP) is 4.07. The molecule has 0 aliphatic rings. The van der Waals surface area contributed by atoms with Gasteiger partial charge in [0.25, 0.3) is 0 Å². The number of nitrogens with zero attached hydrogens (tertiary/aromatic N) is 3. The van der Waals surface area contributed by atoms with Gasteiger partial charge in [-0.25, -0.2) is 9.37 Å². The lowest BCUT2D eigenvalue weighted by Crippen LogP contribution is -1.91. The van der Waals surface area contributed by atoms with E-state index in [4.69, 9.17) is 0 Å². The molecule has 0 unspecified atom stereocenters. The molecule has 4 aromatic rings. The number of hydrogen-bond acceptors (Lipinski definition) is 2. The van der Waals surface area contributed by atoms with Crippen LogP contribution >= 0.6 is 0 Å². The van der Waals surface area contributed by atoms with Gasteiger partial charge in [-0.1, -0.05) is 12.1 Å². The molecule has 4 rings (SSSR count). The first-order valence-corrected chi connectivity index (χ1v) is 6.79. The average Bonchev–Trinajstić information content (AvgIpc) is 2.82. The first-order chi connectivity index (χ1) is 10.6. The van der Waals surface area contributed by atoms with Gasteiger partial charge in [0.15, 0.2) is 5.82 Å². The van der Waals surface area contributed by atoms with Gasteiger partial charge in [0.1, 0.15) is 0 Å². The largest absolute Gasteiger partial charge is 0.341 e. The summed E-state index contributed by atoms with van der Waals surface area (Å²) >= 11 is 0. The molecule has 0 saturated carbocycles. The van der Waals surface area contributed by atoms with E-state index in [9.17, 15) is 8.78 Å². The molecule has 108 valence electrons. The van der Waals surface area contributed by atoms with E-state index in [1.54, 1.807) is 12.3 Å². The van der Waals surface area contributed by atoms with Crippen LogP contribution < -0.4 is 0 Å². The second-order valence-electron chi connectivity index (χ2n) is 5.18. The predicted molar refractivity (Wildman–Crippen MR) is 81.4 cm³/mol. The number of aryl methyl sites for hydroxylation is 1. The first kappa shape index (κ1) is 12.9. The molecule has 0 saturated heterocycles. The lowest BCUT2D eigenvalue weighted by molar-refractivity contribution is 0.584. The van der Waals surface area contributed by atoms with Crippen molar-refractivity contribution in [1.29, 1.82) is 0 Å². The highest BCUT2D eigenvalue weighted by Crippen LogP contribution is 2.32. The van der Waals surface area contributed by atoms with E-state index >= 15 is 0 Å². The molecule has 22 heavy (non-hydrogen) atoms. The van der Waals surface area contributed by atoms with Crippen LogP contribution in [0.5, 0.6) is 0 Å². The Morgan fingerprint density at radius 2 is 1.73 bits per heavy atom. The zero-order valence-corrected chi connectivity index (χ0v) is 11.7. The normalized spacial score (nSPS) is 11.4. The summed E-state index contributed by atoms with van der Waals surface area (Å²) in [6.45, 7) is 0. The number of halogens is 2. The molecule has 0 amide bonds. The highest BCUT2D eigenvalue weighted by Gasteiger charge is 2.13. The van der Waals surface area contributed by atoms with E-state index in [1.807, 2.05) is 29.8 Å². The van der Waals surface area contributed by atoms with Gasteiger partial charge in [0, 0.05) is 41.3 Å². The number of pyridine rings is 2. The van der Waals surface area contributed by atoms with E-state index in [0.717, 1.165) is 27.4 Å². The van der Waals surface area contributed by atoms with Gasteiger partial charge in [-0.3, -0.25) is 4.98 Å². The molecule has 0 aliphatic carbocycles. The van der Waals surface area contributed by atoms with Crippen LogP contribution in [0.15, 0.2) is 48.9 Å². The van der Waals surface area contributed by atoms with E-state index < -0.39 is 5.95 Å². The summed E-state index contributed by atoms with van der Waals surface area (Å²) in [7, 11) is 1.82. The number of benzene rings is 1. The highest BCUT2D eigenvalue weighted by molar-refractivity contribution is 6.08. The van der Waals surface area contributed by atoms with Crippen LogP contribution in [0.4, 0.5) is 8.78 Å². The number of rotatable bonds is 1. The molecule has 5 heteroatoms. The second-order valence-corrected chi connectivity index (χ2v) is 5.18. The van der Waals surface area contributed by atoms with Crippen LogP contribution in [0.1, 0.15) is 0 Å². The first-order valence-electron chi connectivity index (χ1n) is 6.79. The summed E-state index contributed by atoms with van der Waals surface area (Å²) in [6.07, 6.45) is 4.37. The highest BCUT2D eigenvalue weighted by atomic mass is 19.1. The van der Waals surface area contributed by atoms with Gasteiger partial charge >= 0.3 is 0 Å². The topological polar surface area (TPSA) is 30.7 Å². The fourth-order valence-electron chi connectivity index (χ4n) is 2.85. The van der Waals surface area contributed by atoms with Crippen molar-refractivity contribution in [1.82, 2.24) is 14.5 Å². The fourth-order valence-corrected chi connectivity index (χ4v) is 2.85. The molecule has 0 spiro atoms. The monoisotopic (exact) mass is 295 g/mol. The van der Waals surface area contributed by atoms with Gasteiger partial charge in [0.05, 0.1) is 11.7 Å². The molecule has 0 radical (unpaired) electrons. The van der Waals surface area contributed by atoms with Gasteiger partial charge in [-0.15, -0.1) is 0 Å². The Balaban J connectivity index is 2.02. The third-order valence-electron chi connectivity index (χ3n) is 3.92. The van der Waals surface area contributed by atoms with Crippen molar-refractivity contribution in [3.05, 3.63) is 60.7 Å². The van der Waals surface area contributed by atoms with Crippen LogP contribution in [0, 0.1) is 11.8 Å². The SMILES string of the molecule is Cn1c2cc(-c3ccc(F)nc3)ccc2c2cncc(F)c21. The summed E-state index contributed by atoms with van der Waals surface area (Å²) in [5, 5.41) is 1.71. The Bertz CT molecular complexity index is 1000. The molecular formula is C17H11F2N3. The molecule has 0 aliphatic heterocycles. The molecule has 3 aromatic heterocycles. The minimum atomic E-state index is -0.512. The van der Waals surface area contributed by atoms with Crippen molar-refractivity contribution in [3.8, 4) is 11.1 Å². The lowest BCUT2D eigenvalue weighted by Gasteiger charge is -2.03. The van der Waals surface area contributed by atoms with Gasteiger partial charge in [0.2, 0.25) is 5.95 Å². The van der Waals surface area contributed by atoms with Crippen LogP contribution in [0.25, 0.3) is 32.9 Å². The van der Waals surface area contributed by atoms with Crippen LogP contribution in [-0.2, 0) is 7.05 Å².